The summed E-state index contributed by atoms with van der Waals surface area (Å²) in [6.45, 7) is 4.62. The van der Waals surface area contributed by atoms with E-state index in [0.717, 1.165) is 11.3 Å². The highest BCUT2D eigenvalue weighted by atomic mass is 16.5. The van der Waals surface area contributed by atoms with Gasteiger partial charge in [-0.2, -0.15) is 0 Å². The molecule has 3 rings (SSSR count). The van der Waals surface area contributed by atoms with Gasteiger partial charge in [0, 0.05) is 37.6 Å². The third-order valence-corrected chi connectivity index (χ3v) is 4.58. The minimum atomic E-state index is -0.332. The number of rotatable bonds is 6. The van der Waals surface area contributed by atoms with E-state index in [1.165, 1.54) is 6.92 Å². The van der Waals surface area contributed by atoms with Crippen LogP contribution in [0.25, 0.3) is 0 Å². The van der Waals surface area contributed by atoms with Gasteiger partial charge in [0.05, 0.1) is 24.4 Å². The molecule has 0 radical (unpaired) electrons. The zero-order chi connectivity index (χ0) is 20.8. The second-order valence-electron chi connectivity index (χ2n) is 6.78. The molecule has 0 atom stereocenters. The Morgan fingerprint density at radius 3 is 2.76 bits per heavy atom. The van der Waals surface area contributed by atoms with E-state index < -0.39 is 0 Å². The number of hydrogen-bond acceptors (Lipinski definition) is 6. The van der Waals surface area contributed by atoms with Crippen molar-refractivity contribution >= 4 is 29.3 Å². The number of nitrogens with one attached hydrogen (secondary N) is 1. The number of carbonyl (C=O) groups excluding carboxylic acids is 3. The van der Waals surface area contributed by atoms with Crippen LogP contribution in [-0.2, 0) is 9.59 Å². The quantitative estimate of drug-likeness (QED) is 0.796. The van der Waals surface area contributed by atoms with Crippen LogP contribution in [-0.4, -0.2) is 53.9 Å². The molecule has 0 saturated heterocycles. The van der Waals surface area contributed by atoms with Gasteiger partial charge in [-0.15, -0.1) is 0 Å². The number of carbonyl (C=O) groups is 3. The summed E-state index contributed by atoms with van der Waals surface area (Å²) >= 11 is 0. The Labute approximate surface area is 169 Å². The van der Waals surface area contributed by atoms with Crippen LogP contribution in [0, 0.1) is 0 Å². The Balaban J connectivity index is 1.66. The molecular formula is C21H24N4O4. The van der Waals surface area contributed by atoms with E-state index >= 15 is 0 Å². The number of ether oxygens (including phenoxy) is 1. The molecule has 8 nitrogen and oxygen atoms in total. The molecule has 8 heteroatoms. The standard InChI is InChI=1S/C21H24N4O4/c1-3-29-18-7-5-4-6-16(18)20(28)24-21-22-12-15-13-25(11-10-17(15)23-21)19(27)9-8-14(2)26/h4-7,13H,3,8-12H2,1-2H3,(H,22,24,28). The fourth-order valence-corrected chi connectivity index (χ4v) is 3.09. The normalized spacial score (nSPS) is 15.5. The van der Waals surface area contributed by atoms with Gasteiger partial charge < -0.3 is 14.4 Å². The van der Waals surface area contributed by atoms with Gasteiger partial charge in [0.15, 0.2) is 0 Å². The summed E-state index contributed by atoms with van der Waals surface area (Å²) < 4.78 is 5.50. The Morgan fingerprint density at radius 2 is 2.00 bits per heavy atom. The fraction of sp³-hybridized carbons (Fsp3) is 0.381. The molecule has 1 aromatic carbocycles. The molecule has 0 fully saturated rings. The molecule has 2 heterocycles. The van der Waals surface area contributed by atoms with Crippen LogP contribution in [0.2, 0.25) is 0 Å². The van der Waals surface area contributed by atoms with Crippen molar-refractivity contribution in [3.05, 3.63) is 41.6 Å². The van der Waals surface area contributed by atoms with Crippen LogP contribution in [0.3, 0.4) is 0 Å². The van der Waals surface area contributed by atoms with E-state index in [1.54, 1.807) is 29.3 Å². The number of nitrogens with zero attached hydrogens (tertiary/aromatic N) is 3. The summed E-state index contributed by atoms with van der Waals surface area (Å²) in [5.41, 5.74) is 2.08. The third kappa shape index (κ3) is 5.16. The van der Waals surface area contributed by atoms with Crippen LogP contribution in [0.4, 0.5) is 0 Å². The first-order valence-corrected chi connectivity index (χ1v) is 9.63. The van der Waals surface area contributed by atoms with Crippen molar-refractivity contribution in [3.63, 3.8) is 0 Å². The predicted molar refractivity (Wildman–Crippen MR) is 109 cm³/mol. The van der Waals surface area contributed by atoms with Gasteiger partial charge in [-0.1, -0.05) is 12.1 Å². The van der Waals surface area contributed by atoms with Crippen LogP contribution >= 0.6 is 0 Å². The summed E-state index contributed by atoms with van der Waals surface area (Å²) in [5.74, 6) is 0.349. The Hall–Kier alpha value is -3.29. The molecule has 2 aliphatic heterocycles. The first-order valence-electron chi connectivity index (χ1n) is 9.63. The Morgan fingerprint density at radius 1 is 1.21 bits per heavy atom. The second kappa shape index (κ2) is 9.27. The molecule has 1 aromatic rings. The number of para-hydroxylation sites is 1. The Kier molecular flexibility index (Phi) is 6.54. The van der Waals surface area contributed by atoms with Crippen LogP contribution in [0.15, 0.2) is 46.0 Å². The highest BCUT2D eigenvalue weighted by molar-refractivity contribution is 6.15. The summed E-state index contributed by atoms with van der Waals surface area (Å²) in [4.78, 5) is 46.3. The fourth-order valence-electron chi connectivity index (χ4n) is 3.09. The zero-order valence-electron chi connectivity index (χ0n) is 16.6. The van der Waals surface area contributed by atoms with Crippen molar-refractivity contribution in [2.45, 2.75) is 33.1 Å². The summed E-state index contributed by atoms with van der Waals surface area (Å²) in [6.07, 6.45) is 2.77. The average molecular weight is 396 g/mol. The largest absolute Gasteiger partial charge is 0.493 e. The van der Waals surface area contributed by atoms with Crippen molar-refractivity contribution in [2.24, 2.45) is 9.98 Å². The van der Waals surface area contributed by atoms with E-state index in [9.17, 15) is 14.4 Å². The number of ketones is 1. The smallest absolute Gasteiger partial charge is 0.261 e. The van der Waals surface area contributed by atoms with Gasteiger partial charge in [-0.3, -0.25) is 14.9 Å². The van der Waals surface area contributed by atoms with E-state index in [2.05, 4.69) is 15.3 Å². The highest BCUT2D eigenvalue weighted by Gasteiger charge is 2.24. The zero-order valence-corrected chi connectivity index (χ0v) is 16.6. The maximum atomic E-state index is 12.6. The molecule has 0 aliphatic carbocycles. The number of fused-ring (bicyclic) bond motifs is 1. The minimum Gasteiger partial charge on any atom is -0.493 e. The van der Waals surface area contributed by atoms with E-state index in [1.807, 2.05) is 13.0 Å². The molecular weight excluding hydrogens is 372 g/mol. The maximum Gasteiger partial charge on any atom is 0.261 e. The lowest BCUT2D eigenvalue weighted by molar-refractivity contribution is -0.130. The van der Waals surface area contributed by atoms with Gasteiger partial charge >= 0.3 is 0 Å². The van der Waals surface area contributed by atoms with Gasteiger partial charge in [0.25, 0.3) is 5.91 Å². The molecule has 29 heavy (non-hydrogen) atoms. The van der Waals surface area contributed by atoms with Crippen LogP contribution < -0.4 is 10.1 Å². The molecule has 2 amide bonds. The number of amides is 2. The molecule has 0 spiro atoms. The van der Waals surface area contributed by atoms with Gasteiger partial charge in [0.2, 0.25) is 11.9 Å². The number of aliphatic imine (C=N–C) groups is 2. The van der Waals surface area contributed by atoms with Gasteiger partial charge in [0.1, 0.15) is 11.5 Å². The molecule has 152 valence electrons. The SMILES string of the molecule is CCOc1ccccc1C(=O)NC1=NCC2=CN(C(=O)CCC(C)=O)CCC2=N1. The van der Waals surface area contributed by atoms with Gasteiger partial charge in [-0.25, -0.2) is 9.98 Å². The molecule has 0 aromatic heterocycles. The van der Waals surface area contributed by atoms with Crippen molar-refractivity contribution in [1.82, 2.24) is 10.2 Å². The minimum absolute atomic E-state index is 0.00109. The van der Waals surface area contributed by atoms with E-state index in [-0.39, 0.29) is 36.4 Å². The Bertz CT molecular complexity index is 917. The van der Waals surface area contributed by atoms with Crippen LogP contribution in [0.1, 0.15) is 43.5 Å². The van der Waals surface area contributed by atoms with E-state index in [0.29, 0.717) is 37.4 Å². The van der Waals surface area contributed by atoms with Crippen LogP contribution in [0.5, 0.6) is 5.75 Å². The monoisotopic (exact) mass is 396 g/mol. The molecule has 0 bridgehead atoms. The average Bonchev–Trinajstić information content (AvgIpc) is 2.72. The third-order valence-electron chi connectivity index (χ3n) is 4.58. The lowest BCUT2D eigenvalue weighted by Gasteiger charge is -2.27. The summed E-state index contributed by atoms with van der Waals surface area (Å²) in [6, 6.07) is 7.01. The molecule has 0 unspecified atom stereocenters. The first-order chi connectivity index (χ1) is 14.0. The topological polar surface area (TPSA) is 100 Å². The molecule has 1 N–H and O–H groups in total. The number of Topliss-reactive ketones (excluding diaryl/α,β-unsaturated/α-hetero) is 1. The summed E-state index contributed by atoms with van der Waals surface area (Å²) in [7, 11) is 0. The predicted octanol–water partition coefficient (Wildman–Crippen LogP) is 2.11. The van der Waals surface area contributed by atoms with E-state index in [4.69, 9.17) is 4.74 Å². The van der Waals surface area contributed by atoms with Crippen molar-refractivity contribution in [1.29, 1.82) is 0 Å². The second-order valence-corrected chi connectivity index (χ2v) is 6.78. The lowest BCUT2D eigenvalue weighted by atomic mass is 10.0. The van der Waals surface area contributed by atoms with Crippen molar-refractivity contribution in [3.8, 4) is 5.75 Å². The van der Waals surface area contributed by atoms with Crippen molar-refractivity contribution < 1.29 is 19.1 Å². The van der Waals surface area contributed by atoms with Crippen molar-refractivity contribution in [2.75, 3.05) is 19.7 Å². The number of benzene rings is 1. The molecule has 0 saturated carbocycles. The molecule has 2 aliphatic rings. The first kappa shape index (κ1) is 20.4. The highest BCUT2D eigenvalue weighted by Crippen LogP contribution is 2.20. The lowest BCUT2D eigenvalue weighted by Crippen LogP contribution is -2.38. The summed E-state index contributed by atoms with van der Waals surface area (Å²) in [5, 5.41) is 2.73. The number of hydrogen-bond donors (Lipinski definition) is 1. The number of guanidine groups is 1. The maximum absolute atomic E-state index is 12.6. The van der Waals surface area contributed by atoms with Gasteiger partial charge in [-0.05, 0) is 26.0 Å².